The number of rotatable bonds is 5. The van der Waals surface area contributed by atoms with E-state index in [0.717, 1.165) is 18.7 Å². The number of morpholine rings is 1. The zero-order valence-electron chi connectivity index (χ0n) is 12.7. The Kier molecular flexibility index (Phi) is 4.55. The first kappa shape index (κ1) is 14.8. The van der Waals surface area contributed by atoms with Gasteiger partial charge in [0.1, 0.15) is 0 Å². The molecule has 0 spiro atoms. The van der Waals surface area contributed by atoms with Gasteiger partial charge in [-0.1, -0.05) is 5.16 Å². The van der Waals surface area contributed by atoms with Crippen molar-refractivity contribution in [3.05, 3.63) is 24.1 Å². The Balaban J connectivity index is 1.75. The summed E-state index contributed by atoms with van der Waals surface area (Å²) in [6, 6.07) is 5.74. The first-order valence-corrected chi connectivity index (χ1v) is 7.16. The highest BCUT2D eigenvalue weighted by molar-refractivity contribution is 5.60. The van der Waals surface area contributed by atoms with Gasteiger partial charge in [-0.3, -0.25) is 0 Å². The van der Waals surface area contributed by atoms with Crippen molar-refractivity contribution >= 4 is 0 Å². The fourth-order valence-electron chi connectivity index (χ4n) is 2.39. The first-order chi connectivity index (χ1) is 10.8. The van der Waals surface area contributed by atoms with Crippen molar-refractivity contribution in [1.82, 2.24) is 15.5 Å². The second-order valence-corrected chi connectivity index (χ2v) is 5.01. The van der Waals surface area contributed by atoms with Crippen molar-refractivity contribution in [3.8, 4) is 22.9 Å². The molecule has 1 unspecified atom stereocenters. The average molecular weight is 305 g/mol. The lowest BCUT2D eigenvalue weighted by Crippen LogP contribution is -2.42. The summed E-state index contributed by atoms with van der Waals surface area (Å²) in [6.45, 7) is 2.26. The van der Waals surface area contributed by atoms with Gasteiger partial charge in [-0.05, 0) is 18.2 Å². The van der Waals surface area contributed by atoms with Crippen LogP contribution in [0, 0.1) is 0 Å². The Morgan fingerprint density at radius 1 is 1.27 bits per heavy atom. The molecule has 1 aromatic carbocycles. The van der Waals surface area contributed by atoms with Crippen LogP contribution in [0.4, 0.5) is 0 Å². The van der Waals surface area contributed by atoms with Gasteiger partial charge in [-0.2, -0.15) is 4.98 Å². The van der Waals surface area contributed by atoms with Gasteiger partial charge in [0.05, 0.1) is 27.4 Å². The van der Waals surface area contributed by atoms with Crippen LogP contribution in [0.5, 0.6) is 11.5 Å². The van der Waals surface area contributed by atoms with Crippen LogP contribution in [0.25, 0.3) is 11.4 Å². The highest BCUT2D eigenvalue weighted by Gasteiger charge is 2.18. The third kappa shape index (κ3) is 3.20. The van der Waals surface area contributed by atoms with E-state index in [1.54, 1.807) is 14.2 Å². The smallest absolute Gasteiger partial charge is 0.228 e. The molecule has 3 rings (SSSR count). The molecule has 0 aliphatic carbocycles. The zero-order valence-corrected chi connectivity index (χ0v) is 12.7. The van der Waals surface area contributed by atoms with Crippen LogP contribution in [0.2, 0.25) is 0 Å². The normalized spacial score (nSPS) is 18.2. The molecule has 0 bridgehead atoms. The molecule has 118 valence electrons. The Morgan fingerprint density at radius 3 is 2.86 bits per heavy atom. The third-order valence-electron chi connectivity index (χ3n) is 3.53. The van der Waals surface area contributed by atoms with Gasteiger partial charge in [0, 0.05) is 24.6 Å². The van der Waals surface area contributed by atoms with Crippen LogP contribution in [-0.4, -0.2) is 50.2 Å². The summed E-state index contributed by atoms with van der Waals surface area (Å²) in [7, 11) is 3.20. The number of hydrogen-bond acceptors (Lipinski definition) is 7. The number of nitrogens with zero attached hydrogens (tertiary/aromatic N) is 2. The highest BCUT2D eigenvalue weighted by Crippen LogP contribution is 2.31. The van der Waals surface area contributed by atoms with Gasteiger partial charge in [-0.15, -0.1) is 0 Å². The van der Waals surface area contributed by atoms with E-state index in [4.69, 9.17) is 18.7 Å². The molecule has 1 N–H and O–H groups in total. The number of ether oxygens (including phenoxy) is 3. The molecule has 1 saturated heterocycles. The Bertz CT molecular complexity index is 623. The molecule has 1 aromatic heterocycles. The van der Waals surface area contributed by atoms with Gasteiger partial charge in [0.15, 0.2) is 11.5 Å². The summed E-state index contributed by atoms with van der Waals surface area (Å²) < 4.78 is 21.3. The van der Waals surface area contributed by atoms with Gasteiger partial charge in [0.25, 0.3) is 0 Å². The standard InChI is InChI=1S/C15H19N3O4/c1-19-12-4-3-10(7-13(12)20-2)15-17-14(22-18-15)8-11-9-21-6-5-16-11/h3-4,7,11,16H,5-6,8-9H2,1-2H3. The minimum absolute atomic E-state index is 0.215. The van der Waals surface area contributed by atoms with E-state index in [1.165, 1.54) is 0 Å². The maximum atomic E-state index is 5.42. The Hall–Kier alpha value is -2.12. The molecule has 7 nitrogen and oxygen atoms in total. The monoisotopic (exact) mass is 305 g/mol. The lowest BCUT2D eigenvalue weighted by atomic mass is 10.2. The van der Waals surface area contributed by atoms with Crippen LogP contribution in [0.3, 0.4) is 0 Å². The molecule has 7 heteroatoms. The predicted octanol–water partition coefficient (Wildman–Crippen LogP) is 1.28. The summed E-state index contributed by atoms with van der Waals surface area (Å²) in [5.41, 5.74) is 0.820. The van der Waals surface area contributed by atoms with E-state index >= 15 is 0 Å². The van der Waals surface area contributed by atoms with Crippen LogP contribution >= 0.6 is 0 Å². The number of hydrogen-bond donors (Lipinski definition) is 1. The zero-order chi connectivity index (χ0) is 15.4. The van der Waals surface area contributed by atoms with Crippen LogP contribution < -0.4 is 14.8 Å². The van der Waals surface area contributed by atoms with Crippen molar-refractivity contribution < 1.29 is 18.7 Å². The third-order valence-corrected chi connectivity index (χ3v) is 3.53. The quantitative estimate of drug-likeness (QED) is 0.891. The topological polar surface area (TPSA) is 78.6 Å². The van der Waals surface area contributed by atoms with Gasteiger partial charge in [-0.25, -0.2) is 0 Å². The molecular formula is C15H19N3O4. The van der Waals surface area contributed by atoms with Crippen LogP contribution in [0.1, 0.15) is 5.89 Å². The number of methoxy groups -OCH3 is 2. The molecule has 22 heavy (non-hydrogen) atoms. The largest absolute Gasteiger partial charge is 0.493 e. The van der Waals surface area contributed by atoms with Crippen molar-refractivity contribution in [1.29, 1.82) is 0 Å². The molecule has 2 heterocycles. The minimum Gasteiger partial charge on any atom is -0.493 e. The molecular weight excluding hydrogens is 286 g/mol. The maximum Gasteiger partial charge on any atom is 0.228 e. The number of aromatic nitrogens is 2. The van der Waals surface area contributed by atoms with Crippen LogP contribution in [0.15, 0.2) is 22.7 Å². The number of benzene rings is 1. The fourth-order valence-corrected chi connectivity index (χ4v) is 2.39. The van der Waals surface area contributed by atoms with Crippen molar-refractivity contribution in [3.63, 3.8) is 0 Å². The Labute approximate surface area is 128 Å². The molecule has 2 aromatic rings. The molecule has 0 radical (unpaired) electrons. The van der Waals surface area contributed by atoms with Crippen molar-refractivity contribution in [2.75, 3.05) is 34.0 Å². The summed E-state index contributed by atoms with van der Waals surface area (Å²) in [4.78, 5) is 4.44. The second kappa shape index (κ2) is 6.76. The SMILES string of the molecule is COc1ccc(-c2noc(CC3COCCN3)n2)cc1OC. The van der Waals surface area contributed by atoms with E-state index in [-0.39, 0.29) is 6.04 Å². The summed E-state index contributed by atoms with van der Waals surface area (Å²) >= 11 is 0. The van der Waals surface area contributed by atoms with E-state index in [9.17, 15) is 0 Å². The molecule has 0 saturated carbocycles. The molecule has 1 aliphatic rings. The molecule has 1 atom stereocenters. The van der Waals surface area contributed by atoms with Gasteiger partial charge in [0.2, 0.25) is 11.7 Å². The van der Waals surface area contributed by atoms with E-state index in [0.29, 0.717) is 36.2 Å². The van der Waals surface area contributed by atoms with Crippen molar-refractivity contribution in [2.24, 2.45) is 0 Å². The molecule has 0 amide bonds. The minimum atomic E-state index is 0.215. The Morgan fingerprint density at radius 2 is 2.14 bits per heavy atom. The lowest BCUT2D eigenvalue weighted by molar-refractivity contribution is 0.0744. The van der Waals surface area contributed by atoms with Gasteiger partial charge >= 0.3 is 0 Å². The predicted molar refractivity (Wildman–Crippen MR) is 79.2 cm³/mol. The van der Waals surface area contributed by atoms with Crippen molar-refractivity contribution in [2.45, 2.75) is 12.5 Å². The summed E-state index contributed by atoms with van der Waals surface area (Å²) in [6.07, 6.45) is 0.653. The first-order valence-electron chi connectivity index (χ1n) is 7.16. The lowest BCUT2D eigenvalue weighted by Gasteiger charge is -2.22. The van der Waals surface area contributed by atoms with E-state index in [1.807, 2.05) is 18.2 Å². The number of nitrogens with one attached hydrogen (secondary N) is 1. The highest BCUT2D eigenvalue weighted by atomic mass is 16.5. The van der Waals surface area contributed by atoms with Gasteiger partial charge < -0.3 is 24.1 Å². The second-order valence-electron chi connectivity index (χ2n) is 5.01. The molecule has 1 aliphatic heterocycles. The van der Waals surface area contributed by atoms with E-state index in [2.05, 4.69) is 15.5 Å². The summed E-state index contributed by atoms with van der Waals surface area (Å²) in [5, 5.41) is 7.39. The average Bonchev–Trinajstić information content (AvgIpc) is 3.03. The maximum absolute atomic E-state index is 5.42. The summed E-state index contributed by atoms with van der Waals surface area (Å²) in [5.74, 6) is 2.42. The van der Waals surface area contributed by atoms with E-state index < -0.39 is 0 Å². The fraction of sp³-hybridized carbons (Fsp3) is 0.467. The van der Waals surface area contributed by atoms with Crippen LogP contribution in [-0.2, 0) is 11.2 Å². The molecule has 1 fully saturated rings.